The van der Waals surface area contributed by atoms with E-state index >= 15 is 0 Å². The van der Waals surface area contributed by atoms with Crippen molar-refractivity contribution in [2.24, 2.45) is 29.6 Å². The fraction of sp³-hybridized carbons (Fsp3) is 0.262. The molecule has 326 valence electrons. The fourth-order valence-electron chi connectivity index (χ4n) is 15.8. The Balaban J connectivity index is 0.830. The summed E-state index contributed by atoms with van der Waals surface area (Å²) in [5.41, 5.74) is 21.2. The van der Waals surface area contributed by atoms with Gasteiger partial charge >= 0.3 is 0 Å². The van der Waals surface area contributed by atoms with Crippen molar-refractivity contribution in [2.45, 2.75) is 75.5 Å². The third-order valence-corrected chi connectivity index (χ3v) is 19.6. The van der Waals surface area contributed by atoms with Crippen molar-refractivity contribution in [1.82, 2.24) is 0 Å². The first-order valence-corrected chi connectivity index (χ1v) is 26.3. The topological polar surface area (TPSA) is 3.24 Å². The molecule has 2 bridgehead atoms. The van der Waals surface area contributed by atoms with Crippen LogP contribution in [0.2, 0.25) is 0 Å². The minimum absolute atomic E-state index is 0.0910. The maximum Gasteiger partial charge on any atom is 0.0476 e. The molecule has 0 radical (unpaired) electrons. The lowest BCUT2D eigenvalue weighted by Crippen LogP contribution is -2.47. The van der Waals surface area contributed by atoms with Crippen molar-refractivity contribution in [3.8, 4) is 44.5 Å². The quantitative estimate of drug-likeness (QED) is 0.166. The van der Waals surface area contributed by atoms with E-state index in [1.54, 1.807) is 11.1 Å². The van der Waals surface area contributed by atoms with Crippen LogP contribution in [0.1, 0.15) is 87.0 Å². The van der Waals surface area contributed by atoms with Crippen molar-refractivity contribution in [1.29, 1.82) is 0 Å². The van der Waals surface area contributed by atoms with E-state index in [0.717, 1.165) is 29.6 Å². The molecule has 2 spiro atoms. The highest BCUT2D eigenvalue weighted by molar-refractivity contribution is 7.25. The molecule has 1 heterocycles. The van der Waals surface area contributed by atoms with E-state index in [1.165, 1.54) is 151 Å². The summed E-state index contributed by atoms with van der Waals surface area (Å²) in [6.45, 7) is 2.54. The average molecular weight is 882 g/mol. The van der Waals surface area contributed by atoms with Crippen LogP contribution in [0, 0.1) is 29.6 Å². The number of benzene rings is 8. The Morgan fingerprint density at radius 3 is 1.90 bits per heavy atom. The molecule has 6 aliphatic carbocycles. The third-order valence-electron chi connectivity index (χ3n) is 18.5. The van der Waals surface area contributed by atoms with Gasteiger partial charge in [-0.25, -0.2) is 0 Å². The van der Waals surface area contributed by atoms with Crippen LogP contribution in [0.3, 0.4) is 0 Å². The van der Waals surface area contributed by atoms with Crippen molar-refractivity contribution in [2.75, 3.05) is 4.90 Å². The summed E-state index contributed by atoms with van der Waals surface area (Å²) in [7, 11) is 0. The summed E-state index contributed by atoms with van der Waals surface area (Å²) in [5.74, 6) is 4.26. The number of fused-ring (bicyclic) bond motifs is 16. The lowest BCUT2D eigenvalue weighted by molar-refractivity contribution is 0.0394. The molecule has 2 unspecified atom stereocenters. The van der Waals surface area contributed by atoms with Gasteiger partial charge in [-0.15, -0.1) is 11.3 Å². The van der Waals surface area contributed by atoms with E-state index in [9.17, 15) is 0 Å². The predicted molar refractivity (Wildman–Crippen MR) is 282 cm³/mol. The van der Waals surface area contributed by atoms with E-state index in [1.807, 2.05) is 11.3 Å². The van der Waals surface area contributed by atoms with Crippen LogP contribution < -0.4 is 4.90 Å². The molecule has 15 rings (SSSR count). The normalized spacial score (nSPS) is 24.6. The number of rotatable bonds is 5. The van der Waals surface area contributed by atoms with Gasteiger partial charge in [0, 0.05) is 48.1 Å². The SMILES string of the molecule is C[C@@H]1CC2C[C@@H]3C2C[C@H](C1)[C@@]31c2ccccc2-c2cc(-c3ccc4c(c3)sc3cc(N(c5ccc(-c6ccccc6)cc5)c5ccc6c(c5)C5(CCCCC5)c5ccccc5-6)ccc34)ccc21. The van der Waals surface area contributed by atoms with Gasteiger partial charge in [0.05, 0.1) is 0 Å². The predicted octanol–water partition coefficient (Wildman–Crippen LogP) is 18.1. The summed E-state index contributed by atoms with van der Waals surface area (Å²) in [6.07, 6.45) is 12.0. The standard InChI is InChI=1S/C65H55NS/c1-40-32-45-35-61-55(45)37-46(33-40)65(61)58-17-9-7-15-51(58)56-34-43(21-29-59(56)65)44-20-26-53-54-28-25-49(39-63(54)67-62(53)36-44)66(47-22-18-42(19-23-47)41-12-4-2-5-13-41)48-24-27-52-50-14-6-8-16-57(50)64(60(52)38-48)30-10-3-11-31-64/h2,4-9,12-29,34,36,38-40,45-46,55,61H,3,10-11,30-33,35,37H2,1H3/t40-,45?,46+,55?,61-,65+/m1/s1. The molecule has 4 saturated carbocycles. The van der Waals surface area contributed by atoms with E-state index in [-0.39, 0.29) is 10.8 Å². The first kappa shape index (κ1) is 38.8. The largest absolute Gasteiger partial charge is 0.310 e. The molecule has 0 amide bonds. The fourth-order valence-corrected chi connectivity index (χ4v) is 16.9. The van der Waals surface area contributed by atoms with Gasteiger partial charge < -0.3 is 4.90 Å². The maximum atomic E-state index is 2.58. The molecule has 0 N–H and O–H groups in total. The monoisotopic (exact) mass is 881 g/mol. The van der Waals surface area contributed by atoms with Crippen molar-refractivity contribution in [3.63, 3.8) is 0 Å². The molecule has 6 atom stereocenters. The molecule has 8 aromatic carbocycles. The number of anilines is 3. The Morgan fingerprint density at radius 2 is 1.06 bits per heavy atom. The molecule has 1 nitrogen and oxygen atoms in total. The molecular formula is C65H55NS. The molecule has 0 saturated heterocycles. The van der Waals surface area contributed by atoms with Crippen LogP contribution in [-0.2, 0) is 10.8 Å². The molecule has 67 heavy (non-hydrogen) atoms. The van der Waals surface area contributed by atoms with Crippen LogP contribution in [0.15, 0.2) is 176 Å². The van der Waals surface area contributed by atoms with Crippen LogP contribution in [0.5, 0.6) is 0 Å². The zero-order valence-corrected chi connectivity index (χ0v) is 39.2. The Bertz CT molecular complexity index is 3460. The van der Waals surface area contributed by atoms with E-state index in [2.05, 4.69) is 188 Å². The Hall–Kier alpha value is -6.22. The summed E-state index contributed by atoms with van der Waals surface area (Å²) < 4.78 is 2.68. The highest BCUT2D eigenvalue weighted by atomic mass is 32.1. The number of hydrogen-bond acceptors (Lipinski definition) is 2. The molecule has 6 aliphatic rings. The summed E-state index contributed by atoms with van der Waals surface area (Å²) >= 11 is 1.94. The van der Waals surface area contributed by atoms with Gasteiger partial charge in [0.2, 0.25) is 0 Å². The lowest BCUT2D eigenvalue weighted by Gasteiger charge is -2.51. The van der Waals surface area contributed by atoms with Gasteiger partial charge in [-0.05, 0) is 183 Å². The molecule has 4 fully saturated rings. The minimum atomic E-state index is 0.0910. The molecule has 1 aromatic heterocycles. The zero-order valence-electron chi connectivity index (χ0n) is 38.3. The maximum absolute atomic E-state index is 2.58. The number of nitrogens with zero attached hydrogens (tertiary/aromatic N) is 1. The van der Waals surface area contributed by atoms with Crippen LogP contribution in [0.25, 0.3) is 64.7 Å². The second-order valence-electron chi connectivity index (χ2n) is 21.6. The first-order valence-electron chi connectivity index (χ1n) is 25.5. The first-order chi connectivity index (χ1) is 33.0. The van der Waals surface area contributed by atoms with Gasteiger partial charge in [0.1, 0.15) is 0 Å². The highest BCUT2D eigenvalue weighted by Gasteiger charge is 2.66. The molecular weight excluding hydrogens is 827 g/mol. The number of thiophene rings is 1. The minimum Gasteiger partial charge on any atom is -0.310 e. The highest BCUT2D eigenvalue weighted by Crippen LogP contribution is 2.73. The van der Waals surface area contributed by atoms with E-state index in [0.29, 0.717) is 0 Å². The van der Waals surface area contributed by atoms with Gasteiger partial charge in [-0.1, -0.05) is 154 Å². The van der Waals surface area contributed by atoms with Gasteiger partial charge in [0.15, 0.2) is 0 Å². The Morgan fingerprint density at radius 1 is 0.448 bits per heavy atom. The summed E-state index contributed by atoms with van der Waals surface area (Å²) in [4.78, 5) is 2.52. The van der Waals surface area contributed by atoms with Crippen LogP contribution in [0.4, 0.5) is 17.1 Å². The Kier molecular flexibility index (Phi) is 8.35. The van der Waals surface area contributed by atoms with Crippen molar-refractivity contribution in [3.05, 3.63) is 198 Å². The number of hydrogen-bond donors (Lipinski definition) is 0. The molecule has 0 aliphatic heterocycles. The van der Waals surface area contributed by atoms with Crippen molar-refractivity contribution >= 4 is 48.6 Å². The summed E-state index contributed by atoms with van der Waals surface area (Å²) in [5, 5.41) is 2.68. The van der Waals surface area contributed by atoms with Gasteiger partial charge in [-0.2, -0.15) is 0 Å². The van der Waals surface area contributed by atoms with Gasteiger partial charge in [-0.3, -0.25) is 0 Å². The van der Waals surface area contributed by atoms with Gasteiger partial charge in [0.25, 0.3) is 0 Å². The Labute approximate surface area is 399 Å². The molecule has 2 heteroatoms. The smallest absolute Gasteiger partial charge is 0.0476 e. The average Bonchev–Trinajstić information content (AvgIpc) is 4.02. The van der Waals surface area contributed by atoms with E-state index < -0.39 is 0 Å². The second kappa shape index (κ2) is 14.4. The summed E-state index contributed by atoms with van der Waals surface area (Å²) in [6, 6.07) is 68.3. The lowest BCUT2D eigenvalue weighted by atomic mass is 9.52. The van der Waals surface area contributed by atoms with Crippen LogP contribution >= 0.6 is 11.3 Å². The second-order valence-corrected chi connectivity index (χ2v) is 22.7. The third kappa shape index (κ3) is 5.43. The molecule has 9 aromatic rings. The van der Waals surface area contributed by atoms with Crippen molar-refractivity contribution < 1.29 is 0 Å². The van der Waals surface area contributed by atoms with E-state index in [4.69, 9.17) is 0 Å². The zero-order chi connectivity index (χ0) is 44.0. The van der Waals surface area contributed by atoms with Crippen LogP contribution in [-0.4, -0.2) is 0 Å².